The average Bonchev–Trinajstić information content (AvgIpc) is 1.58. The largest absolute Gasteiger partial charge is 0.314 e. The first-order valence-electron chi connectivity index (χ1n) is 32.4. The third-order valence-electron chi connectivity index (χ3n) is 16.8. The van der Waals surface area contributed by atoms with Crippen molar-refractivity contribution in [3.8, 4) is 45.0 Å². The van der Waals surface area contributed by atoms with Crippen LogP contribution >= 0.6 is 0 Å². The average molecular weight is 1160 g/mol. The van der Waals surface area contributed by atoms with E-state index in [0.29, 0.717) is 11.1 Å². The van der Waals surface area contributed by atoms with Gasteiger partial charge < -0.3 is 0 Å². The SMILES string of the molecule is Cc1ccc(-c2cc3nc4ccccn4c3c[n+]2C)c(C)c1.Cc1ccccc1-c1cc2nc3ccccn3c2c[n+]1C.[2H]C([2H])([2H])c1cc(C)cc(-c2ccc3nc4ccccn4c3[n+]2C)c1C.[2H]C([2H])([2H])c1ccc(-c2ccc3nc4ccccn4c3[n+]2C)c(C)c1. The van der Waals surface area contributed by atoms with Crippen LogP contribution in [0.3, 0.4) is 0 Å². The number of pyridine rings is 8. The molecule has 0 aliphatic rings. The monoisotopic (exact) mass is 1160 g/mol. The van der Waals surface area contributed by atoms with E-state index in [0.717, 1.165) is 106 Å². The van der Waals surface area contributed by atoms with Crippen molar-refractivity contribution in [2.45, 2.75) is 55.2 Å². The molecule has 88 heavy (non-hydrogen) atoms. The number of benzene rings is 4. The molecule has 0 aliphatic carbocycles. The Labute approximate surface area is 520 Å². The maximum absolute atomic E-state index is 7.85. The minimum atomic E-state index is -2.13. The normalized spacial score (nSPS) is 12.7. The molecule has 12 nitrogen and oxygen atoms in total. The molecule has 0 saturated heterocycles. The van der Waals surface area contributed by atoms with Gasteiger partial charge in [0.05, 0.1) is 26.5 Å². The topological polar surface area (TPSA) is 84.7 Å². The van der Waals surface area contributed by atoms with Crippen LogP contribution in [-0.4, -0.2) is 37.5 Å². The zero-order valence-electron chi connectivity index (χ0n) is 57.2. The first-order valence-corrected chi connectivity index (χ1v) is 29.4. The van der Waals surface area contributed by atoms with E-state index in [1.165, 1.54) is 39.2 Å². The lowest BCUT2D eigenvalue weighted by Crippen LogP contribution is -2.33. The van der Waals surface area contributed by atoms with Crippen LogP contribution < -0.4 is 18.3 Å². The van der Waals surface area contributed by atoms with E-state index in [1.807, 2.05) is 150 Å². The number of imidazole rings is 4. The maximum Gasteiger partial charge on any atom is 0.314 e. The van der Waals surface area contributed by atoms with Crippen molar-refractivity contribution in [1.82, 2.24) is 37.5 Å². The molecule has 12 heteroatoms. The summed E-state index contributed by atoms with van der Waals surface area (Å²) in [6.45, 7) is 7.98. The van der Waals surface area contributed by atoms with Gasteiger partial charge in [0.15, 0.2) is 23.4 Å². The van der Waals surface area contributed by atoms with Crippen molar-refractivity contribution in [3.63, 3.8) is 0 Å². The zero-order valence-corrected chi connectivity index (χ0v) is 51.2. The van der Waals surface area contributed by atoms with Crippen LogP contribution in [-0.2, 0) is 28.2 Å². The van der Waals surface area contributed by atoms with Gasteiger partial charge in [-0.1, -0.05) is 95.6 Å². The maximum atomic E-state index is 7.85. The molecule has 432 valence electrons. The number of fused-ring (bicyclic) bond motifs is 12. The fourth-order valence-electron chi connectivity index (χ4n) is 12.3. The molecular formula is C76H72N12+4. The molecule has 16 rings (SSSR count). The Morgan fingerprint density at radius 3 is 1.25 bits per heavy atom. The van der Waals surface area contributed by atoms with Gasteiger partial charge in [-0.15, -0.1) is 0 Å². The number of nitrogens with zero attached hydrogens (tertiary/aromatic N) is 12. The van der Waals surface area contributed by atoms with Crippen molar-refractivity contribution in [3.05, 3.63) is 264 Å². The van der Waals surface area contributed by atoms with Gasteiger partial charge >= 0.3 is 11.3 Å². The summed E-state index contributed by atoms with van der Waals surface area (Å²) >= 11 is 0. The van der Waals surface area contributed by atoms with E-state index in [2.05, 4.69) is 166 Å². The van der Waals surface area contributed by atoms with Gasteiger partial charge in [-0.3, -0.25) is 8.80 Å². The van der Waals surface area contributed by atoms with E-state index >= 15 is 0 Å². The molecule has 0 bridgehead atoms. The van der Waals surface area contributed by atoms with E-state index in [-0.39, 0.29) is 0 Å². The number of aryl methyl sites for hydroxylation is 11. The fraction of sp³-hybridized carbons (Fsp3) is 0.158. The summed E-state index contributed by atoms with van der Waals surface area (Å²) < 4.78 is 63.2. The molecule has 0 amide bonds. The van der Waals surface area contributed by atoms with Gasteiger partial charge in [-0.2, -0.15) is 17.9 Å². The van der Waals surface area contributed by atoms with Gasteiger partial charge in [0.2, 0.25) is 22.7 Å². The van der Waals surface area contributed by atoms with Crippen molar-refractivity contribution in [1.29, 1.82) is 0 Å². The van der Waals surface area contributed by atoms with Crippen LogP contribution in [0.5, 0.6) is 0 Å². The minimum Gasteiger partial charge on any atom is -0.295 e. The molecule has 0 fully saturated rings. The molecule has 0 aliphatic heterocycles. The van der Waals surface area contributed by atoms with Crippen LogP contribution in [0.2, 0.25) is 0 Å². The van der Waals surface area contributed by atoms with Crippen LogP contribution in [0.4, 0.5) is 0 Å². The molecule has 0 saturated carbocycles. The van der Waals surface area contributed by atoms with Crippen LogP contribution in [0, 0.1) is 55.2 Å². The van der Waals surface area contributed by atoms with Crippen LogP contribution in [0.25, 0.3) is 112 Å². The Morgan fingerprint density at radius 2 is 0.750 bits per heavy atom. The molecule has 16 aromatic rings. The Morgan fingerprint density at radius 1 is 0.330 bits per heavy atom. The molecule has 0 N–H and O–H groups in total. The number of aromatic nitrogens is 12. The number of rotatable bonds is 4. The van der Waals surface area contributed by atoms with Gasteiger partial charge in [0, 0.05) is 67.1 Å². The summed E-state index contributed by atoms with van der Waals surface area (Å²) in [4.78, 5) is 18.8. The van der Waals surface area contributed by atoms with E-state index in [4.69, 9.17) is 18.2 Å². The lowest BCUT2D eigenvalue weighted by atomic mass is 9.97. The molecule has 0 unspecified atom stereocenters. The highest BCUT2D eigenvalue weighted by Gasteiger charge is 2.23. The molecule has 0 spiro atoms. The standard InChI is InChI=1S/C20H20N3.2C19H18N3.C18H16N3/c1-13-11-14(2)15(3)16(12-13)18-9-8-17-20(22(18)4)23-10-6-5-7-19(23)21-17;1-13-7-8-15(14(2)12-13)17-10-9-16-19(21(17)3)22-11-5-4-6-18(22)20-16;1-13-7-8-15(14(2)10-13)17-11-16-18(12-21(17)3)22-9-5-4-6-19(22)20-16;1-13-7-3-4-8-14(13)16-11-15-17(12-20(16)2)21-10-6-5-9-18(21)19-15/h5-12H,1-4H3;2*4-12H,1-3H3;3-12H,1-2H3/q4*+1/i2D3;1D3;;. The summed E-state index contributed by atoms with van der Waals surface area (Å²) in [6, 6.07) is 60.6. The van der Waals surface area contributed by atoms with E-state index in [1.54, 1.807) is 18.2 Å². The Balaban J connectivity index is 0.000000114. The molecular weight excluding hydrogens is 1080 g/mol. The van der Waals surface area contributed by atoms with Crippen molar-refractivity contribution < 1.29 is 26.5 Å². The summed E-state index contributed by atoms with van der Waals surface area (Å²) in [5.74, 6) is 0. The second-order valence-electron chi connectivity index (χ2n) is 22.9. The second-order valence-corrected chi connectivity index (χ2v) is 22.9. The zero-order chi connectivity index (χ0) is 66.1. The highest BCUT2D eigenvalue weighted by Crippen LogP contribution is 2.30. The van der Waals surface area contributed by atoms with Gasteiger partial charge in [-0.25, -0.2) is 29.1 Å². The van der Waals surface area contributed by atoms with Crippen molar-refractivity contribution in [2.24, 2.45) is 28.2 Å². The van der Waals surface area contributed by atoms with Gasteiger partial charge in [0.1, 0.15) is 58.8 Å². The summed E-state index contributed by atoms with van der Waals surface area (Å²) in [7, 11) is 8.19. The lowest BCUT2D eigenvalue weighted by molar-refractivity contribution is -0.659. The highest BCUT2D eigenvalue weighted by molar-refractivity contribution is 5.84. The smallest absolute Gasteiger partial charge is 0.295 e. The van der Waals surface area contributed by atoms with Crippen molar-refractivity contribution in [2.75, 3.05) is 0 Å². The highest BCUT2D eigenvalue weighted by atomic mass is 15.1. The first kappa shape index (κ1) is 49.5. The Hall–Kier alpha value is -10.7. The van der Waals surface area contributed by atoms with Gasteiger partial charge in [0.25, 0.3) is 0 Å². The molecule has 0 radical (unpaired) electrons. The Kier molecular flexibility index (Phi) is 12.9. The van der Waals surface area contributed by atoms with Crippen LogP contribution in [0.15, 0.2) is 219 Å². The predicted molar refractivity (Wildman–Crippen MR) is 355 cm³/mol. The molecule has 12 heterocycles. The third-order valence-corrected chi connectivity index (χ3v) is 16.8. The van der Waals surface area contributed by atoms with Crippen LogP contribution in [0.1, 0.15) is 52.7 Å². The lowest BCUT2D eigenvalue weighted by Gasteiger charge is -2.11. The fourth-order valence-corrected chi connectivity index (χ4v) is 12.3. The minimum absolute atomic E-state index is 0.368. The number of hydrogen-bond donors (Lipinski definition) is 0. The third kappa shape index (κ3) is 10.4. The summed E-state index contributed by atoms with van der Waals surface area (Å²) in [6.07, 6.45) is 12.4. The number of hydrogen-bond acceptors (Lipinski definition) is 4. The van der Waals surface area contributed by atoms with E-state index < -0.39 is 13.7 Å². The predicted octanol–water partition coefficient (Wildman–Crippen LogP) is 14.4. The quantitative estimate of drug-likeness (QED) is 0.164. The van der Waals surface area contributed by atoms with Crippen molar-refractivity contribution >= 4 is 67.0 Å². The second kappa shape index (κ2) is 22.9. The Bertz CT molecular complexity index is 5640. The van der Waals surface area contributed by atoms with Gasteiger partial charge in [-0.05, 0) is 162 Å². The summed E-state index contributed by atoms with van der Waals surface area (Å²) in [5, 5.41) is 0. The van der Waals surface area contributed by atoms with E-state index in [9.17, 15) is 0 Å². The first-order chi connectivity index (χ1) is 45.0. The molecule has 0 atom stereocenters. The summed E-state index contributed by atoms with van der Waals surface area (Å²) in [5.41, 5.74) is 28.0. The molecule has 12 aromatic heterocycles. The molecule has 4 aromatic carbocycles.